The molecular formula is C21H19NO4. The van der Waals surface area contributed by atoms with Crippen LogP contribution in [0.1, 0.15) is 15.9 Å². The molecule has 4 rings (SSSR count). The Morgan fingerprint density at radius 2 is 1.69 bits per heavy atom. The Labute approximate surface area is 151 Å². The van der Waals surface area contributed by atoms with Gasteiger partial charge in [0.25, 0.3) is 5.91 Å². The van der Waals surface area contributed by atoms with Crippen molar-refractivity contribution in [3.05, 3.63) is 53.6 Å². The molecule has 0 atom stereocenters. The second-order valence-corrected chi connectivity index (χ2v) is 6.09. The van der Waals surface area contributed by atoms with Gasteiger partial charge in [0.15, 0.2) is 11.5 Å². The number of benzene rings is 3. The van der Waals surface area contributed by atoms with Gasteiger partial charge in [-0.05, 0) is 46.3 Å². The molecule has 0 aromatic heterocycles. The van der Waals surface area contributed by atoms with Crippen molar-refractivity contribution in [3.8, 4) is 28.4 Å². The summed E-state index contributed by atoms with van der Waals surface area (Å²) >= 11 is 0. The predicted molar refractivity (Wildman–Crippen MR) is 100 cm³/mol. The van der Waals surface area contributed by atoms with Gasteiger partial charge in [0, 0.05) is 17.5 Å². The van der Waals surface area contributed by atoms with Crippen molar-refractivity contribution in [2.45, 2.75) is 6.54 Å². The van der Waals surface area contributed by atoms with Crippen LogP contribution in [-0.4, -0.2) is 27.2 Å². The van der Waals surface area contributed by atoms with Gasteiger partial charge in [-0.2, -0.15) is 0 Å². The minimum Gasteiger partial charge on any atom is -0.497 e. The second kappa shape index (κ2) is 6.26. The number of amides is 1. The minimum atomic E-state index is -0.0496. The molecule has 1 N–H and O–H groups in total. The molecule has 1 amide bonds. The van der Waals surface area contributed by atoms with Crippen molar-refractivity contribution in [2.75, 3.05) is 21.3 Å². The summed E-state index contributed by atoms with van der Waals surface area (Å²) in [6.45, 7) is 0.492. The molecule has 3 aromatic rings. The van der Waals surface area contributed by atoms with Crippen molar-refractivity contribution in [1.29, 1.82) is 0 Å². The van der Waals surface area contributed by atoms with Crippen LogP contribution >= 0.6 is 0 Å². The molecule has 0 spiro atoms. The highest BCUT2D eigenvalue weighted by atomic mass is 16.5. The first kappa shape index (κ1) is 16.3. The van der Waals surface area contributed by atoms with E-state index in [1.807, 2.05) is 42.5 Å². The molecule has 5 nitrogen and oxygen atoms in total. The lowest BCUT2D eigenvalue weighted by molar-refractivity contribution is 0.0966. The molecule has 0 bridgehead atoms. The highest BCUT2D eigenvalue weighted by Crippen LogP contribution is 2.45. The first-order valence-corrected chi connectivity index (χ1v) is 8.31. The molecular weight excluding hydrogens is 330 g/mol. The van der Waals surface area contributed by atoms with Crippen LogP contribution in [0.25, 0.3) is 21.9 Å². The van der Waals surface area contributed by atoms with Gasteiger partial charge in [-0.1, -0.05) is 18.2 Å². The van der Waals surface area contributed by atoms with Crippen molar-refractivity contribution in [1.82, 2.24) is 5.32 Å². The zero-order valence-corrected chi connectivity index (χ0v) is 14.9. The standard InChI is InChI=1S/C21H19NO4/c1-24-14-7-4-12(5-8-14)18-16-11-22-21(23)15(16)10-13-6-9-17(25-2)20(26-3)19(13)18/h4-10H,11H2,1-3H3,(H,22,23). The van der Waals surface area contributed by atoms with E-state index < -0.39 is 0 Å². The maximum absolute atomic E-state index is 12.3. The minimum absolute atomic E-state index is 0.0496. The molecule has 0 unspecified atom stereocenters. The monoisotopic (exact) mass is 349 g/mol. The average molecular weight is 349 g/mol. The Balaban J connectivity index is 2.12. The number of hydrogen-bond acceptors (Lipinski definition) is 4. The van der Waals surface area contributed by atoms with E-state index in [1.54, 1.807) is 21.3 Å². The number of hydrogen-bond donors (Lipinski definition) is 1. The van der Waals surface area contributed by atoms with E-state index in [9.17, 15) is 4.79 Å². The third-order valence-corrected chi connectivity index (χ3v) is 4.80. The number of carbonyl (C=O) groups excluding carboxylic acids is 1. The summed E-state index contributed by atoms with van der Waals surface area (Å²) < 4.78 is 16.4. The summed E-state index contributed by atoms with van der Waals surface area (Å²) in [5.41, 5.74) is 3.65. The zero-order chi connectivity index (χ0) is 18.3. The fraction of sp³-hybridized carbons (Fsp3) is 0.190. The Morgan fingerprint density at radius 3 is 2.35 bits per heavy atom. The molecule has 3 aromatic carbocycles. The molecule has 132 valence electrons. The van der Waals surface area contributed by atoms with Gasteiger partial charge in [-0.25, -0.2) is 0 Å². The summed E-state index contributed by atoms with van der Waals surface area (Å²) in [7, 11) is 4.89. The van der Waals surface area contributed by atoms with E-state index in [0.29, 0.717) is 23.6 Å². The zero-order valence-electron chi connectivity index (χ0n) is 14.9. The van der Waals surface area contributed by atoms with E-state index in [0.717, 1.165) is 33.2 Å². The number of nitrogens with one attached hydrogen (secondary N) is 1. The Kier molecular flexibility index (Phi) is 3.92. The second-order valence-electron chi connectivity index (χ2n) is 6.09. The Morgan fingerprint density at radius 1 is 0.923 bits per heavy atom. The van der Waals surface area contributed by atoms with Crippen molar-refractivity contribution >= 4 is 16.7 Å². The van der Waals surface area contributed by atoms with Crippen LogP contribution in [0.4, 0.5) is 0 Å². The highest BCUT2D eigenvalue weighted by molar-refractivity contribution is 6.11. The van der Waals surface area contributed by atoms with E-state index in [1.165, 1.54) is 0 Å². The summed E-state index contributed by atoms with van der Waals surface area (Å²) in [5.74, 6) is 2.06. The molecule has 0 saturated carbocycles. The van der Waals surface area contributed by atoms with Crippen LogP contribution in [0.3, 0.4) is 0 Å². The number of fused-ring (bicyclic) bond motifs is 2. The first-order chi connectivity index (χ1) is 12.7. The van der Waals surface area contributed by atoms with Gasteiger partial charge in [0.2, 0.25) is 0 Å². The van der Waals surface area contributed by atoms with Crippen LogP contribution < -0.4 is 19.5 Å². The number of rotatable bonds is 4. The van der Waals surface area contributed by atoms with Crippen LogP contribution in [0, 0.1) is 0 Å². The van der Waals surface area contributed by atoms with Gasteiger partial charge in [-0.3, -0.25) is 4.79 Å². The van der Waals surface area contributed by atoms with Gasteiger partial charge >= 0.3 is 0 Å². The molecule has 0 saturated heterocycles. The number of ether oxygens (including phenoxy) is 3. The Hall–Kier alpha value is -3.21. The largest absolute Gasteiger partial charge is 0.497 e. The van der Waals surface area contributed by atoms with Gasteiger partial charge < -0.3 is 19.5 Å². The summed E-state index contributed by atoms with van der Waals surface area (Å²) in [6, 6.07) is 13.6. The van der Waals surface area contributed by atoms with Crippen LogP contribution in [0.5, 0.6) is 17.2 Å². The average Bonchev–Trinajstić information content (AvgIpc) is 3.06. The SMILES string of the molecule is COc1ccc(-c2c3c(cc4ccc(OC)c(OC)c24)C(=O)NC3)cc1. The Bertz CT molecular complexity index is 1010. The van der Waals surface area contributed by atoms with Crippen molar-refractivity contribution < 1.29 is 19.0 Å². The van der Waals surface area contributed by atoms with E-state index in [-0.39, 0.29) is 5.91 Å². The van der Waals surface area contributed by atoms with Crippen molar-refractivity contribution in [2.24, 2.45) is 0 Å². The molecule has 26 heavy (non-hydrogen) atoms. The normalized spacial score (nSPS) is 12.7. The molecule has 0 fully saturated rings. The van der Waals surface area contributed by atoms with Crippen LogP contribution in [0.2, 0.25) is 0 Å². The van der Waals surface area contributed by atoms with E-state index in [4.69, 9.17) is 14.2 Å². The number of methoxy groups -OCH3 is 3. The maximum atomic E-state index is 12.3. The smallest absolute Gasteiger partial charge is 0.251 e. The van der Waals surface area contributed by atoms with Gasteiger partial charge in [0.1, 0.15) is 5.75 Å². The highest BCUT2D eigenvalue weighted by Gasteiger charge is 2.27. The first-order valence-electron chi connectivity index (χ1n) is 8.31. The maximum Gasteiger partial charge on any atom is 0.251 e. The molecule has 0 aliphatic carbocycles. The molecule has 1 heterocycles. The summed E-state index contributed by atoms with van der Waals surface area (Å²) in [4.78, 5) is 12.3. The lowest BCUT2D eigenvalue weighted by Gasteiger charge is -2.17. The van der Waals surface area contributed by atoms with Crippen molar-refractivity contribution in [3.63, 3.8) is 0 Å². The molecule has 1 aliphatic heterocycles. The predicted octanol–water partition coefficient (Wildman–Crippen LogP) is 3.78. The fourth-order valence-electron chi connectivity index (χ4n) is 3.57. The summed E-state index contributed by atoms with van der Waals surface area (Å²) in [5, 5.41) is 4.79. The lowest BCUT2D eigenvalue weighted by Crippen LogP contribution is -2.12. The molecule has 5 heteroatoms. The van der Waals surface area contributed by atoms with E-state index >= 15 is 0 Å². The molecule has 1 aliphatic rings. The topological polar surface area (TPSA) is 56.8 Å². The third kappa shape index (κ3) is 2.36. The number of carbonyl (C=O) groups is 1. The molecule has 0 radical (unpaired) electrons. The van der Waals surface area contributed by atoms with Crippen LogP contribution in [0.15, 0.2) is 42.5 Å². The fourth-order valence-corrected chi connectivity index (χ4v) is 3.57. The van der Waals surface area contributed by atoms with Gasteiger partial charge in [0.05, 0.1) is 21.3 Å². The lowest BCUT2D eigenvalue weighted by atomic mass is 9.90. The quantitative estimate of drug-likeness (QED) is 0.779. The van der Waals surface area contributed by atoms with E-state index in [2.05, 4.69) is 5.32 Å². The summed E-state index contributed by atoms with van der Waals surface area (Å²) in [6.07, 6.45) is 0. The van der Waals surface area contributed by atoms with Crippen LogP contribution in [-0.2, 0) is 6.54 Å². The third-order valence-electron chi connectivity index (χ3n) is 4.80. The van der Waals surface area contributed by atoms with Gasteiger partial charge in [-0.15, -0.1) is 0 Å².